The van der Waals surface area contributed by atoms with Crippen LogP contribution in [0, 0.1) is 0 Å². The summed E-state index contributed by atoms with van der Waals surface area (Å²) in [5, 5.41) is 16.3. The van der Waals surface area contributed by atoms with E-state index in [1.54, 1.807) is 6.20 Å². The second-order valence-electron chi connectivity index (χ2n) is 9.73. The fraction of sp³-hybridized carbons (Fsp3) is 0.379. The van der Waals surface area contributed by atoms with E-state index < -0.39 is 5.97 Å². The van der Waals surface area contributed by atoms with Crippen molar-refractivity contribution in [1.29, 1.82) is 0 Å². The number of carbonyl (C=O) groups is 1. The fourth-order valence-corrected chi connectivity index (χ4v) is 5.52. The van der Waals surface area contributed by atoms with E-state index in [9.17, 15) is 9.90 Å². The molecule has 6 nitrogen and oxygen atoms in total. The van der Waals surface area contributed by atoms with Crippen molar-refractivity contribution in [1.82, 2.24) is 10.3 Å². The highest BCUT2D eigenvalue weighted by molar-refractivity contribution is 5.93. The molecule has 2 heterocycles. The molecule has 35 heavy (non-hydrogen) atoms. The van der Waals surface area contributed by atoms with Crippen molar-refractivity contribution in [3.05, 3.63) is 83.2 Å². The Morgan fingerprint density at radius 2 is 1.86 bits per heavy atom. The van der Waals surface area contributed by atoms with Gasteiger partial charge in [-0.25, -0.2) is 4.79 Å². The van der Waals surface area contributed by atoms with Gasteiger partial charge in [-0.05, 0) is 78.7 Å². The van der Waals surface area contributed by atoms with E-state index in [0.29, 0.717) is 12.2 Å². The maximum Gasteiger partial charge on any atom is 0.337 e. The van der Waals surface area contributed by atoms with E-state index in [1.165, 1.54) is 72.4 Å². The molecule has 0 bridgehead atoms. The van der Waals surface area contributed by atoms with Crippen molar-refractivity contribution in [3.8, 4) is 0 Å². The van der Waals surface area contributed by atoms with Gasteiger partial charge in [0.1, 0.15) is 0 Å². The van der Waals surface area contributed by atoms with E-state index in [-0.39, 0.29) is 11.6 Å². The first kappa shape index (κ1) is 23.4. The Morgan fingerprint density at radius 1 is 1.09 bits per heavy atom. The van der Waals surface area contributed by atoms with Crippen molar-refractivity contribution in [2.45, 2.75) is 50.5 Å². The van der Waals surface area contributed by atoms with Gasteiger partial charge in [-0.2, -0.15) is 0 Å². The lowest BCUT2D eigenvalue weighted by Gasteiger charge is -2.30. The third kappa shape index (κ3) is 5.17. The molecule has 0 radical (unpaired) electrons. The smallest absolute Gasteiger partial charge is 0.337 e. The Labute approximate surface area is 207 Å². The van der Waals surface area contributed by atoms with Crippen LogP contribution in [0.4, 0.5) is 17.1 Å². The molecule has 0 spiro atoms. The van der Waals surface area contributed by atoms with Crippen LogP contribution in [0.5, 0.6) is 0 Å². The lowest BCUT2D eigenvalue weighted by Crippen LogP contribution is -2.34. The van der Waals surface area contributed by atoms with Crippen molar-refractivity contribution in [2.24, 2.45) is 0 Å². The van der Waals surface area contributed by atoms with E-state index in [2.05, 4.69) is 70.0 Å². The molecular weight excluding hydrogens is 436 g/mol. The Morgan fingerprint density at radius 3 is 2.63 bits per heavy atom. The van der Waals surface area contributed by atoms with Crippen LogP contribution in [0.2, 0.25) is 0 Å². The summed E-state index contributed by atoms with van der Waals surface area (Å²) < 4.78 is 0. The summed E-state index contributed by atoms with van der Waals surface area (Å²) in [4.78, 5) is 17.8. The number of anilines is 3. The lowest BCUT2D eigenvalue weighted by atomic mass is 9.84. The third-order valence-electron chi connectivity index (χ3n) is 7.58. The molecule has 1 aliphatic carbocycles. The molecule has 3 N–H and O–H groups in total. The summed E-state index contributed by atoms with van der Waals surface area (Å²) in [7, 11) is 2.13. The van der Waals surface area contributed by atoms with Gasteiger partial charge in [-0.15, -0.1) is 0 Å². The highest BCUT2D eigenvalue weighted by atomic mass is 16.4. The predicted octanol–water partition coefficient (Wildman–Crippen LogP) is 5.89. The van der Waals surface area contributed by atoms with Gasteiger partial charge in [-0.1, -0.05) is 37.5 Å². The first-order valence-electron chi connectivity index (χ1n) is 12.7. The van der Waals surface area contributed by atoms with Gasteiger partial charge in [0.05, 0.1) is 17.4 Å². The maximum absolute atomic E-state index is 11.5. The number of aromatic carboxylic acids is 1. The first-order chi connectivity index (χ1) is 17.1. The van der Waals surface area contributed by atoms with Crippen LogP contribution < -0.4 is 15.5 Å². The molecule has 182 valence electrons. The highest BCUT2D eigenvalue weighted by Crippen LogP contribution is 2.35. The highest BCUT2D eigenvalue weighted by Gasteiger charge is 2.22. The number of fused-ring (bicyclic) bond motifs is 1. The van der Waals surface area contributed by atoms with Crippen LogP contribution >= 0.6 is 0 Å². The Balaban J connectivity index is 1.29. The average molecular weight is 471 g/mol. The number of aromatic nitrogens is 1. The summed E-state index contributed by atoms with van der Waals surface area (Å²) in [5.41, 5.74) is 7.24. The number of nitrogens with zero attached hydrogens (tertiary/aromatic N) is 2. The van der Waals surface area contributed by atoms with Gasteiger partial charge < -0.3 is 20.6 Å². The summed E-state index contributed by atoms with van der Waals surface area (Å²) >= 11 is 0. The monoisotopic (exact) mass is 470 g/mol. The van der Waals surface area contributed by atoms with Gasteiger partial charge in [0, 0.05) is 37.2 Å². The molecule has 1 aromatic heterocycles. The van der Waals surface area contributed by atoms with Crippen LogP contribution in [-0.4, -0.2) is 36.2 Å². The minimum absolute atomic E-state index is 0.106. The van der Waals surface area contributed by atoms with Crippen LogP contribution in [0.25, 0.3) is 0 Å². The number of hydrogen-bond donors (Lipinski definition) is 3. The van der Waals surface area contributed by atoms with E-state index in [0.717, 1.165) is 18.9 Å². The molecule has 0 amide bonds. The van der Waals surface area contributed by atoms with E-state index in [4.69, 9.17) is 0 Å². The molecule has 2 aromatic carbocycles. The number of hydrogen-bond acceptors (Lipinski definition) is 5. The minimum atomic E-state index is -0.952. The van der Waals surface area contributed by atoms with Crippen LogP contribution in [-0.2, 0) is 6.42 Å². The van der Waals surface area contributed by atoms with Crippen molar-refractivity contribution < 1.29 is 9.90 Å². The number of nitrogens with one attached hydrogen (secondary N) is 2. The number of rotatable bonds is 7. The van der Waals surface area contributed by atoms with Crippen LogP contribution in [0.1, 0.15) is 71.1 Å². The normalized spacial score (nSPS) is 18.0. The standard InChI is InChI=1S/C29H34N4O2/c1-33(23-9-7-21(8-10-23)20-5-3-2-4-6-20)24-11-12-25-22(17-24)13-16-31-28(25)19-32-27-18-30-15-14-26(27)29(34)35/h7-12,14-15,17-18,20,28,31-32H,2-6,13,16,19H2,1H3,(H,34,35)/t28-/m0/s1. The first-order valence-corrected chi connectivity index (χ1v) is 12.7. The number of carboxylic acid groups (broad SMARTS) is 1. The lowest BCUT2D eigenvalue weighted by molar-refractivity contribution is 0.0697. The molecule has 5 rings (SSSR count). The van der Waals surface area contributed by atoms with Gasteiger partial charge in [0.2, 0.25) is 0 Å². The number of carboxylic acids is 1. The molecule has 0 unspecified atom stereocenters. The molecule has 1 atom stereocenters. The second kappa shape index (κ2) is 10.5. The van der Waals surface area contributed by atoms with Crippen LogP contribution in [0.15, 0.2) is 60.9 Å². The SMILES string of the molecule is CN(c1ccc(C2CCCCC2)cc1)c1ccc2c(c1)CCN[C@H]2CNc1cnccc1C(=O)O. The van der Waals surface area contributed by atoms with Crippen LogP contribution in [0.3, 0.4) is 0 Å². The summed E-state index contributed by atoms with van der Waals surface area (Å²) in [5.74, 6) is -0.227. The maximum atomic E-state index is 11.5. The van der Waals surface area contributed by atoms with Gasteiger partial charge in [-0.3, -0.25) is 4.98 Å². The van der Waals surface area contributed by atoms with Crippen molar-refractivity contribution in [2.75, 3.05) is 30.4 Å². The zero-order chi connectivity index (χ0) is 24.2. The molecule has 3 aromatic rings. The van der Waals surface area contributed by atoms with Crippen molar-refractivity contribution in [3.63, 3.8) is 0 Å². The number of benzene rings is 2. The number of pyridine rings is 1. The quantitative estimate of drug-likeness (QED) is 0.399. The average Bonchev–Trinajstić information content (AvgIpc) is 2.92. The summed E-state index contributed by atoms with van der Waals surface area (Å²) in [6, 6.07) is 17.5. The molecular formula is C29H34N4O2. The van der Waals surface area contributed by atoms with E-state index in [1.807, 2.05) is 0 Å². The van der Waals surface area contributed by atoms with Gasteiger partial charge in [0.25, 0.3) is 0 Å². The summed E-state index contributed by atoms with van der Waals surface area (Å²) in [6.07, 6.45) is 10.8. The van der Waals surface area contributed by atoms with Crippen molar-refractivity contribution >= 4 is 23.0 Å². The zero-order valence-electron chi connectivity index (χ0n) is 20.3. The Hall–Kier alpha value is -3.38. The van der Waals surface area contributed by atoms with E-state index >= 15 is 0 Å². The molecule has 1 saturated carbocycles. The summed E-state index contributed by atoms with van der Waals surface area (Å²) in [6.45, 7) is 1.48. The minimum Gasteiger partial charge on any atom is -0.478 e. The Kier molecular flexibility index (Phi) is 7.00. The predicted molar refractivity (Wildman–Crippen MR) is 141 cm³/mol. The third-order valence-corrected chi connectivity index (χ3v) is 7.58. The second-order valence-corrected chi connectivity index (χ2v) is 9.73. The molecule has 2 aliphatic rings. The molecule has 0 saturated heterocycles. The largest absolute Gasteiger partial charge is 0.478 e. The molecule has 6 heteroatoms. The Bertz CT molecular complexity index is 1170. The molecule has 1 aliphatic heterocycles. The topological polar surface area (TPSA) is 77.5 Å². The van der Waals surface area contributed by atoms with Gasteiger partial charge >= 0.3 is 5.97 Å². The van der Waals surface area contributed by atoms with Gasteiger partial charge in [0.15, 0.2) is 0 Å². The molecule has 1 fully saturated rings. The zero-order valence-corrected chi connectivity index (χ0v) is 20.3. The fourth-order valence-electron chi connectivity index (χ4n) is 5.52.